The predicted molar refractivity (Wildman–Crippen MR) is 75.4 cm³/mol. The van der Waals surface area contributed by atoms with E-state index in [1.54, 1.807) is 25.1 Å². The molecule has 19 heavy (non-hydrogen) atoms. The molecule has 0 heterocycles. The van der Waals surface area contributed by atoms with Gasteiger partial charge in [-0.05, 0) is 19.4 Å². The Balaban J connectivity index is 2.59. The maximum Gasteiger partial charge on any atom is 0.492 e. The summed E-state index contributed by atoms with van der Waals surface area (Å²) in [7, 11) is -4.59. The number of benzene rings is 1. The Kier molecular flexibility index (Phi) is 5.84. The van der Waals surface area contributed by atoms with Crippen LogP contribution < -0.4 is 10.2 Å². The van der Waals surface area contributed by atoms with Gasteiger partial charge in [0, 0.05) is 11.2 Å². The van der Waals surface area contributed by atoms with Crippen molar-refractivity contribution < 1.29 is 23.2 Å². The van der Waals surface area contributed by atoms with Crippen LogP contribution in [0.1, 0.15) is 18.9 Å². The number of ether oxygens (including phenoxy) is 1. The van der Waals surface area contributed by atoms with Gasteiger partial charge in [-0.25, -0.2) is 8.42 Å². The average Bonchev–Trinajstić information content (AvgIpc) is 2.36. The van der Waals surface area contributed by atoms with Gasteiger partial charge in [-0.1, -0.05) is 24.6 Å². The molecule has 0 aliphatic heterocycles. The fraction of sp³-hybridized carbons (Fsp3) is 0.500. The van der Waals surface area contributed by atoms with Crippen molar-refractivity contribution in [1.29, 1.82) is 0 Å². The molecular formula is C12H19BO5S. The minimum atomic E-state index is -2.99. The van der Waals surface area contributed by atoms with Gasteiger partial charge in [0.2, 0.25) is 0 Å². The van der Waals surface area contributed by atoms with Crippen LogP contribution in [0.15, 0.2) is 18.2 Å². The summed E-state index contributed by atoms with van der Waals surface area (Å²) in [6.45, 7) is 3.67. The minimum absolute atomic E-state index is 0.0758. The highest BCUT2D eigenvalue weighted by Crippen LogP contribution is 2.10. The van der Waals surface area contributed by atoms with Gasteiger partial charge >= 0.3 is 7.12 Å². The van der Waals surface area contributed by atoms with Crippen molar-refractivity contribution in [2.45, 2.75) is 20.3 Å². The zero-order valence-electron chi connectivity index (χ0n) is 11.2. The zero-order valence-corrected chi connectivity index (χ0v) is 12.0. The van der Waals surface area contributed by atoms with Crippen LogP contribution in [0.3, 0.4) is 0 Å². The van der Waals surface area contributed by atoms with E-state index in [-0.39, 0.29) is 18.1 Å². The van der Waals surface area contributed by atoms with Crippen molar-refractivity contribution in [1.82, 2.24) is 0 Å². The van der Waals surface area contributed by atoms with Crippen molar-refractivity contribution in [3.05, 3.63) is 23.8 Å². The van der Waals surface area contributed by atoms with E-state index in [0.717, 1.165) is 5.56 Å². The van der Waals surface area contributed by atoms with Crippen LogP contribution in [-0.4, -0.2) is 43.7 Å². The molecule has 0 spiro atoms. The van der Waals surface area contributed by atoms with Gasteiger partial charge in [0.25, 0.3) is 0 Å². The second-order valence-corrected chi connectivity index (χ2v) is 6.83. The second-order valence-electron chi connectivity index (χ2n) is 4.35. The molecule has 0 aliphatic carbocycles. The lowest BCUT2D eigenvalue weighted by Gasteiger charge is -2.11. The Morgan fingerprint density at radius 3 is 2.58 bits per heavy atom. The van der Waals surface area contributed by atoms with Crippen molar-refractivity contribution in [3.63, 3.8) is 0 Å². The molecule has 1 rings (SSSR count). The molecule has 0 aliphatic rings. The standard InChI is InChI=1S/C12H19BO5S/c1-3-19(16,17)8-4-7-18-12-6-5-10(2)9-11(12)13(14)15/h5-6,9,14-15H,3-4,7-8H2,1-2H3. The molecule has 0 saturated carbocycles. The van der Waals surface area contributed by atoms with Crippen LogP contribution in [0, 0.1) is 6.92 Å². The molecule has 2 N–H and O–H groups in total. The van der Waals surface area contributed by atoms with E-state index in [9.17, 15) is 18.5 Å². The SMILES string of the molecule is CCS(=O)(=O)CCCOc1ccc(C)cc1B(O)O. The first-order valence-corrected chi connectivity index (χ1v) is 7.98. The van der Waals surface area contributed by atoms with Gasteiger partial charge in [-0.3, -0.25) is 0 Å². The predicted octanol–water partition coefficient (Wildman–Crippen LogP) is -0.122. The lowest BCUT2D eigenvalue weighted by Crippen LogP contribution is -2.32. The first kappa shape index (κ1) is 16.0. The molecule has 0 aromatic heterocycles. The van der Waals surface area contributed by atoms with Gasteiger partial charge in [-0.2, -0.15) is 0 Å². The first-order chi connectivity index (χ1) is 8.85. The Labute approximate surface area is 114 Å². The molecule has 0 radical (unpaired) electrons. The highest BCUT2D eigenvalue weighted by molar-refractivity contribution is 7.91. The molecule has 1 aromatic carbocycles. The lowest BCUT2D eigenvalue weighted by molar-refractivity contribution is 0.318. The monoisotopic (exact) mass is 286 g/mol. The van der Waals surface area contributed by atoms with Gasteiger partial charge in [0.1, 0.15) is 15.6 Å². The molecule has 0 atom stereocenters. The van der Waals surface area contributed by atoms with Crippen LogP contribution in [0.4, 0.5) is 0 Å². The number of sulfone groups is 1. The van der Waals surface area contributed by atoms with Crippen LogP contribution in [0.5, 0.6) is 5.75 Å². The summed E-state index contributed by atoms with van der Waals surface area (Å²) in [5, 5.41) is 18.5. The highest BCUT2D eigenvalue weighted by atomic mass is 32.2. The van der Waals surface area contributed by atoms with E-state index in [0.29, 0.717) is 17.6 Å². The van der Waals surface area contributed by atoms with E-state index >= 15 is 0 Å². The Morgan fingerprint density at radius 2 is 2.00 bits per heavy atom. The molecular weight excluding hydrogens is 267 g/mol. The first-order valence-electron chi connectivity index (χ1n) is 6.15. The van der Waals surface area contributed by atoms with Gasteiger partial charge in [0.15, 0.2) is 0 Å². The molecule has 0 saturated heterocycles. The van der Waals surface area contributed by atoms with Crippen LogP contribution in [0.2, 0.25) is 0 Å². The summed E-state index contributed by atoms with van der Waals surface area (Å²) in [4.78, 5) is 0. The van der Waals surface area contributed by atoms with E-state index in [2.05, 4.69) is 0 Å². The topological polar surface area (TPSA) is 83.8 Å². The molecule has 106 valence electrons. The van der Waals surface area contributed by atoms with Crippen LogP contribution in [0.25, 0.3) is 0 Å². The maximum absolute atomic E-state index is 11.3. The summed E-state index contributed by atoms with van der Waals surface area (Å²) < 4.78 is 28.0. The lowest BCUT2D eigenvalue weighted by atomic mass is 9.79. The highest BCUT2D eigenvalue weighted by Gasteiger charge is 2.17. The van der Waals surface area contributed by atoms with Crippen molar-refractivity contribution in [3.8, 4) is 5.75 Å². The molecule has 0 bridgehead atoms. The van der Waals surface area contributed by atoms with Crippen molar-refractivity contribution in [2.75, 3.05) is 18.1 Å². The van der Waals surface area contributed by atoms with Gasteiger partial charge in [-0.15, -0.1) is 0 Å². The third-order valence-electron chi connectivity index (χ3n) is 2.74. The largest absolute Gasteiger partial charge is 0.494 e. The Hall–Kier alpha value is -1.05. The third-order valence-corrected chi connectivity index (χ3v) is 4.53. The molecule has 0 fully saturated rings. The Bertz CT molecular complexity index is 513. The van der Waals surface area contributed by atoms with Gasteiger partial charge in [0.05, 0.1) is 12.4 Å². The summed E-state index contributed by atoms with van der Waals surface area (Å²) in [6, 6.07) is 5.07. The summed E-state index contributed by atoms with van der Waals surface area (Å²) >= 11 is 0. The zero-order chi connectivity index (χ0) is 14.5. The normalized spacial score (nSPS) is 11.4. The third kappa shape index (κ3) is 5.22. The summed E-state index contributed by atoms with van der Waals surface area (Å²) in [5.41, 5.74) is 1.18. The fourth-order valence-corrected chi connectivity index (χ4v) is 2.45. The number of hydrogen-bond donors (Lipinski definition) is 2. The van der Waals surface area contributed by atoms with E-state index < -0.39 is 17.0 Å². The molecule has 0 amide bonds. The average molecular weight is 286 g/mol. The number of aryl methyl sites for hydroxylation is 1. The minimum Gasteiger partial charge on any atom is -0.494 e. The maximum atomic E-state index is 11.3. The van der Waals surface area contributed by atoms with Gasteiger partial charge < -0.3 is 14.8 Å². The fourth-order valence-electron chi connectivity index (χ4n) is 1.61. The van der Waals surface area contributed by atoms with Crippen LogP contribution >= 0.6 is 0 Å². The smallest absolute Gasteiger partial charge is 0.492 e. The second kappa shape index (κ2) is 6.93. The van der Waals surface area contributed by atoms with E-state index in [1.165, 1.54) is 0 Å². The molecule has 7 heteroatoms. The van der Waals surface area contributed by atoms with Crippen molar-refractivity contribution >= 4 is 22.4 Å². The van der Waals surface area contributed by atoms with Crippen molar-refractivity contribution in [2.24, 2.45) is 0 Å². The quantitative estimate of drug-likeness (QED) is 0.539. The summed E-state index contributed by atoms with van der Waals surface area (Å²) in [6.07, 6.45) is 0.380. The molecule has 5 nitrogen and oxygen atoms in total. The van der Waals surface area contributed by atoms with Crippen LogP contribution in [-0.2, 0) is 9.84 Å². The number of hydrogen-bond acceptors (Lipinski definition) is 5. The van der Waals surface area contributed by atoms with E-state index in [1.807, 2.05) is 6.92 Å². The van der Waals surface area contributed by atoms with E-state index in [4.69, 9.17) is 4.74 Å². The Morgan fingerprint density at radius 1 is 1.32 bits per heavy atom. The summed E-state index contributed by atoms with van der Waals surface area (Å²) in [5.74, 6) is 0.569. The number of rotatable bonds is 7. The molecule has 1 aromatic rings. The molecule has 0 unspecified atom stereocenters.